The lowest BCUT2D eigenvalue weighted by Gasteiger charge is -2.33. The van der Waals surface area contributed by atoms with E-state index in [4.69, 9.17) is 11.6 Å². The molecule has 0 aromatic heterocycles. The van der Waals surface area contributed by atoms with Crippen LogP contribution in [0.2, 0.25) is 5.02 Å². The molecule has 0 saturated carbocycles. The Balaban J connectivity index is 2.52. The van der Waals surface area contributed by atoms with Gasteiger partial charge < -0.3 is 10.2 Å². The zero-order chi connectivity index (χ0) is 28.8. The molecule has 2 aromatic rings. The molecule has 0 bridgehead atoms. The smallest absolute Gasteiger partial charge is 0.352 e. The lowest BCUT2D eigenvalue weighted by molar-refractivity contribution is -0.140. The van der Waals surface area contributed by atoms with Crippen molar-refractivity contribution in [2.24, 2.45) is 0 Å². The summed E-state index contributed by atoms with van der Waals surface area (Å²) in [6.07, 6.45) is -3.15. The molecule has 2 atom stereocenters. The highest BCUT2D eigenvalue weighted by molar-refractivity contribution is 7.92. The van der Waals surface area contributed by atoms with Crippen molar-refractivity contribution in [2.75, 3.05) is 17.1 Å². The minimum Gasteiger partial charge on any atom is -0.352 e. The topological polar surface area (TPSA) is 86.8 Å². The van der Waals surface area contributed by atoms with E-state index in [1.54, 1.807) is 19.1 Å². The fourth-order valence-corrected chi connectivity index (χ4v) is 4.82. The molecule has 0 unspecified atom stereocenters. The number of amides is 2. The van der Waals surface area contributed by atoms with Crippen LogP contribution in [0.1, 0.15) is 50.3 Å². The molecule has 210 valence electrons. The average molecular weight is 576 g/mol. The first-order chi connectivity index (χ1) is 17.6. The number of carbonyl (C=O) groups excluding carboxylic acids is 2. The number of hydrogen-bond donors (Lipinski definition) is 1. The summed E-state index contributed by atoms with van der Waals surface area (Å²) in [6, 6.07) is 8.79. The summed E-state index contributed by atoms with van der Waals surface area (Å²) >= 11 is 5.70. The Labute approximate surface area is 227 Å². The zero-order valence-electron chi connectivity index (χ0n) is 22.0. The third kappa shape index (κ3) is 8.36. The average Bonchev–Trinajstić information content (AvgIpc) is 2.82. The van der Waals surface area contributed by atoms with Gasteiger partial charge in [0.2, 0.25) is 21.8 Å². The van der Waals surface area contributed by atoms with Crippen LogP contribution in [0.15, 0.2) is 42.5 Å². The third-order valence-corrected chi connectivity index (χ3v) is 7.55. The van der Waals surface area contributed by atoms with E-state index in [0.717, 1.165) is 24.0 Å². The number of aryl methyl sites for hydroxylation is 1. The molecule has 1 N–H and O–H groups in total. The second kappa shape index (κ2) is 12.8. The standard InChI is InChI=1S/C26H33ClF3N3O4S/c1-6-18(4)31-25(35)23(7-2)32(15-19-10-8-17(3)9-11-19)24(34)16-33(38(5,36)37)20-12-13-22(27)21(14-20)26(28,29)30/h8-14,18,23H,6-7,15-16H2,1-5H3,(H,31,35)/t18-,23+/m0/s1. The molecule has 0 heterocycles. The van der Waals surface area contributed by atoms with Gasteiger partial charge in [0.25, 0.3) is 0 Å². The molecule has 38 heavy (non-hydrogen) atoms. The number of sulfonamides is 1. The molecular weight excluding hydrogens is 543 g/mol. The van der Waals surface area contributed by atoms with E-state index in [1.807, 2.05) is 32.9 Å². The molecule has 2 aromatic carbocycles. The van der Waals surface area contributed by atoms with Gasteiger partial charge in [-0.2, -0.15) is 13.2 Å². The number of carbonyl (C=O) groups is 2. The Kier molecular flexibility index (Phi) is 10.6. The summed E-state index contributed by atoms with van der Waals surface area (Å²) in [4.78, 5) is 28.0. The molecule has 2 rings (SSSR count). The van der Waals surface area contributed by atoms with Crippen molar-refractivity contribution < 1.29 is 31.2 Å². The third-order valence-electron chi connectivity index (χ3n) is 6.08. The molecule has 0 fully saturated rings. The Bertz CT molecular complexity index is 1240. The predicted molar refractivity (Wildman–Crippen MR) is 142 cm³/mol. The molecule has 0 spiro atoms. The molecule has 0 aliphatic carbocycles. The summed E-state index contributed by atoms with van der Waals surface area (Å²) < 4.78 is 66.2. The van der Waals surface area contributed by atoms with Crippen molar-refractivity contribution in [1.82, 2.24) is 10.2 Å². The van der Waals surface area contributed by atoms with Gasteiger partial charge in [0.1, 0.15) is 12.6 Å². The highest BCUT2D eigenvalue weighted by atomic mass is 35.5. The first-order valence-electron chi connectivity index (χ1n) is 12.1. The van der Waals surface area contributed by atoms with E-state index in [9.17, 15) is 31.2 Å². The molecule has 0 aliphatic heterocycles. The van der Waals surface area contributed by atoms with Gasteiger partial charge in [-0.1, -0.05) is 55.3 Å². The van der Waals surface area contributed by atoms with Gasteiger partial charge in [-0.05, 0) is 50.5 Å². The van der Waals surface area contributed by atoms with Crippen LogP contribution in [-0.2, 0) is 32.3 Å². The number of nitrogens with one attached hydrogen (secondary N) is 1. The second-order valence-electron chi connectivity index (χ2n) is 9.18. The Morgan fingerprint density at radius 2 is 1.66 bits per heavy atom. The van der Waals surface area contributed by atoms with Crippen LogP contribution in [-0.4, -0.2) is 50.0 Å². The van der Waals surface area contributed by atoms with E-state index in [2.05, 4.69) is 5.32 Å². The summed E-state index contributed by atoms with van der Waals surface area (Å²) in [7, 11) is -4.20. The minimum atomic E-state index is -4.83. The van der Waals surface area contributed by atoms with E-state index in [1.165, 1.54) is 4.90 Å². The number of alkyl halides is 3. The Hall–Kier alpha value is -2.79. The first kappa shape index (κ1) is 31.4. The van der Waals surface area contributed by atoms with Crippen molar-refractivity contribution in [2.45, 2.75) is 65.3 Å². The van der Waals surface area contributed by atoms with Gasteiger partial charge in [-0.25, -0.2) is 8.42 Å². The lowest BCUT2D eigenvalue weighted by Crippen LogP contribution is -2.53. The molecule has 2 amide bonds. The van der Waals surface area contributed by atoms with Crippen molar-refractivity contribution in [3.63, 3.8) is 0 Å². The minimum absolute atomic E-state index is 0.00241. The molecule has 0 radical (unpaired) electrons. The molecule has 0 saturated heterocycles. The molecular formula is C26H33ClF3N3O4S. The number of anilines is 1. The Morgan fingerprint density at radius 1 is 1.05 bits per heavy atom. The van der Waals surface area contributed by atoms with Gasteiger partial charge in [0.15, 0.2) is 0 Å². The van der Waals surface area contributed by atoms with Gasteiger partial charge in [-0.15, -0.1) is 0 Å². The monoisotopic (exact) mass is 575 g/mol. The van der Waals surface area contributed by atoms with Crippen molar-refractivity contribution in [1.29, 1.82) is 0 Å². The van der Waals surface area contributed by atoms with Crippen molar-refractivity contribution >= 4 is 39.1 Å². The zero-order valence-corrected chi connectivity index (χ0v) is 23.5. The number of rotatable bonds is 11. The van der Waals surface area contributed by atoms with Crippen LogP contribution >= 0.6 is 11.6 Å². The normalized spacial score (nSPS) is 13.5. The first-order valence-corrected chi connectivity index (χ1v) is 14.3. The quantitative estimate of drug-likeness (QED) is 0.401. The van der Waals surface area contributed by atoms with Crippen LogP contribution in [0.5, 0.6) is 0 Å². The molecule has 7 nitrogen and oxygen atoms in total. The summed E-state index contributed by atoms with van der Waals surface area (Å²) in [5.74, 6) is -1.15. The van der Waals surface area contributed by atoms with Gasteiger partial charge in [0, 0.05) is 12.6 Å². The number of nitrogens with zero attached hydrogens (tertiary/aromatic N) is 2. The van der Waals surface area contributed by atoms with Gasteiger partial charge >= 0.3 is 6.18 Å². The number of benzene rings is 2. The van der Waals surface area contributed by atoms with Crippen LogP contribution in [0.25, 0.3) is 0 Å². The predicted octanol–water partition coefficient (Wildman–Crippen LogP) is 5.16. The summed E-state index contributed by atoms with van der Waals surface area (Å²) in [6.45, 7) is 6.52. The van der Waals surface area contributed by atoms with Crippen molar-refractivity contribution in [3.8, 4) is 0 Å². The number of halogens is 4. The second-order valence-corrected chi connectivity index (χ2v) is 11.5. The highest BCUT2D eigenvalue weighted by Gasteiger charge is 2.36. The van der Waals surface area contributed by atoms with E-state index < -0.39 is 51.2 Å². The maximum absolute atomic E-state index is 13.6. The van der Waals surface area contributed by atoms with Crippen LogP contribution in [0, 0.1) is 6.92 Å². The summed E-state index contributed by atoms with van der Waals surface area (Å²) in [5, 5.41) is 2.25. The van der Waals surface area contributed by atoms with E-state index >= 15 is 0 Å². The van der Waals surface area contributed by atoms with Crippen LogP contribution < -0.4 is 9.62 Å². The van der Waals surface area contributed by atoms with Crippen LogP contribution in [0.3, 0.4) is 0 Å². The number of hydrogen-bond acceptors (Lipinski definition) is 4. The maximum atomic E-state index is 13.6. The van der Waals surface area contributed by atoms with E-state index in [0.29, 0.717) is 22.4 Å². The fourth-order valence-electron chi connectivity index (χ4n) is 3.75. The Morgan fingerprint density at radius 3 is 2.16 bits per heavy atom. The molecule has 12 heteroatoms. The largest absolute Gasteiger partial charge is 0.417 e. The molecule has 0 aliphatic rings. The lowest BCUT2D eigenvalue weighted by atomic mass is 10.1. The van der Waals surface area contributed by atoms with Gasteiger partial charge in [0.05, 0.1) is 22.5 Å². The SMILES string of the molecule is CC[C@H](C(=O)N[C@@H](C)CC)N(Cc1ccc(C)cc1)C(=O)CN(c1ccc(Cl)c(C(F)(F)F)c1)S(C)(=O)=O. The highest BCUT2D eigenvalue weighted by Crippen LogP contribution is 2.37. The maximum Gasteiger partial charge on any atom is 0.417 e. The fraction of sp³-hybridized carbons (Fsp3) is 0.462. The summed E-state index contributed by atoms with van der Waals surface area (Å²) in [5.41, 5.74) is 0.0914. The van der Waals surface area contributed by atoms with Gasteiger partial charge in [-0.3, -0.25) is 13.9 Å². The van der Waals surface area contributed by atoms with Crippen molar-refractivity contribution in [3.05, 3.63) is 64.2 Å². The van der Waals surface area contributed by atoms with E-state index in [-0.39, 0.29) is 24.7 Å². The van der Waals surface area contributed by atoms with Crippen LogP contribution in [0.4, 0.5) is 18.9 Å².